The second-order valence-electron chi connectivity index (χ2n) is 4.27. The molecule has 2 rings (SSSR count). The topological polar surface area (TPSA) is 41.3 Å². The zero-order valence-corrected chi connectivity index (χ0v) is 9.65. The molecule has 1 aromatic rings. The van der Waals surface area contributed by atoms with E-state index in [1.807, 2.05) is 44.3 Å². The van der Waals surface area contributed by atoms with Crippen LogP contribution in [0, 0.1) is 0 Å². The highest BCUT2D eigenvalue weighted by molar-refractivity contribution is 5.89. The normalized spacial score (nSPS) is 20.2. The van der Waals surface area contributed by atoms with Gasteiger partial charge in [0.05, 0.1) is 7.11 Å². The Morgan fingerprint density at radius 2 is 1.94 bits per heavy atom. The van der Waals surface area contributed by atoms with Crippen molar-refractivity contribution in [3.05, 3.63) is 29.8 Å². The van der Waals surface area contributed by atoms with E-state index in [0.29, 0.717) is 0 Å². The minimum atomic E-state index is -0.458. The van der Waals surface area contributed by atoms with Gasteiger partial charge in [0.15, 0.2) is 0 Å². The first-order valence-electron chi connectivity index (χ1n) is 5.13. The molecule has 1 amide bonds. The van der Waals surface area contributed by atoms with E-state index in [4.69, 9.17) is 4.74 Å². The first-order valence-corrected chi connectivity index (χ1v) is 5.13. The summed E-state index contributed by atoms with van der Waals surface area (Å²) in [7, 11) is 1.64. The van der Waals surface area contributed by atoms with E-state index in [-0.39, 0.29) is 5.91 Å². The van der Waals surface area contributed by atoms with Crippen molar-refractivity contribution >= 4 is 12.1 Å². The Balaban J connectivity index is 2.21. The quantitative estimate of drug-likeness (QED) is 0.752. The van der Waals surface area contributed by atoms with Crippen molar-refractivity contribution in [2.24, 2.45) is 0 Å². The largest absolute Gasteiger partial charge is 0.497 e. The number of hydrogen-bond acceptors (Lipinski definition) is 2. The summed E-state index contributed by atoms with van der Waals surface area (Å²) in [6.07, 6.45) is 1.90. The van der Waals surface area contributed by atoms with Crippen LogP contribution in [0.25, 0.3) is 0 Å². The van der Waals surface area contributed by atoms with Crippen molar-refractivity contribution in [3.8, 4) is 5.75 Å². The third-order valence-electron chi connectivity index (χ3n) is 2.77. The maximum absolute atomic E-state index is 11.3. The Bertz CT molecular complexity index is 447. The molecule has 1 aliphatic heterocycles. The summed E-state index contributed by atoms with van der Waals surface area (Å²) in [5.74, 6) is 0.862. The van der Waals surface area contributed by atoms with Crippen molar-refractivity contribution in [3.63, 3.8) is 0 Å². The first kappa shape index (κ1) is 10.7. The highest BCUT2D eigenvalue weighted by atomic mass is 16.5. The molecular weight excluding hydrogens is 204 g/mol. The monoisotopic (exact) mass is 219 g/mol. The maximum atomic E-state index is 11.3. The summed E-state index contributed by atoms with van der Waals surface area (Å²) in [5, 5.41) is 0. The Kier molecular flexibility index (Phi) is 2.42. The molecule has 0 saturated carbocycles. The minimum absolute atomic E-state index is 0.0391. The zero-order chi connectivity index (χ0) is 11.8. The number of hydrazine groups is 1. The Morgan fingerprint density at radius 1 is 1.31 bits per heavy atom. The van der Waals surface area contributed by atoms with Crippen molar-refractivity contribution in [1.29, 1.82) is 0 Å². The van der Waals surface area contributed by atoms with E-state index < -0.39 is 5.54 Å². The summed E-state index contributed by atoms with van der Waals surface area (Å²) in [4.78, 5) is 11.3. The van der Waals surface area contributed by atoms with Gasteiger partial charge in [-0.3, -0.25) is 4.79 Å². The number of hydrazone groups is 1. The smallest absolute Gasteiger partial charge is 0.347 e. The van der Waals surface area contributed by atoms with E-state index in [9.17, 15) is 4.79 Å². The van der Waals surface area contributed by atoms with Gasteiger partial charge in [-0.1, -0.05) is 4.68 Å². The number of methoxy groups -OCH3 is 1. The van der Waals surface area contributed by atoms with Gasteiger partial charge < -0.3 is 4.74 Å². The fraction of sp³-hybridized carbons (Fsp3) is 0.333. The van der Waals surface area contributed by atoms with Gasteiger partial charge in [0.2, 0.25) is 6.21 Å². The molecule has 0 unspecified atom stereocenters. The number of carbonyl (C=O) groups excluding carboxylic acids is 1. The molecule has 16 heavy (non-hydrogen) atoms. The lowest BCUT2D eigenvalue weighted by molar-refractivity contribution is -0.666. The average Bonchev–Trinajstić information content (AvgIpc) is 2.29. The Labute approximate surface area is 94.5 Å². The average molecular weight is 219 g/mol. The van der Waals surface area contributed by atoms with Gasteiger partial charge >= 0.3 is 5.91 Å². The fourth-order valence-electron chi connectivity index (χ4n) is 1.48. The number of amides is 1. The molecule has 0 bridgehead atoms. The second kappa shape index (κ2) is 3.63. The highest BCUT2D eigenvalue weighted by Gasteiger charge is 2.52. The van der Waals surface area contributed by atoms with Crippen LogP contribution < -0.4 is 10.2 Å². The number of benzene rings is 1. The van der Waals surface area contributed by atoms with Gasteiger partial charge in [0, 0.05) is 19.4 Å². The predicted octanol–water partition coefficient (Wildman–Crippen LogP) is 0.950. The number of carbonyl (C=O) groups is 1. The van der Waals surface area contributed by atoms with Gasteiger partial charge in [-0.25, -0.2) is 0 Å². The molecule has 0 radical (unpaired) electrons. The summed E-state index contributed by atoms with van der Waals surface area (Å²) < 4.78 is 6.88. The molecule has 84 valence electrons. The van der Waals surface area contributed by atoms with Crippen LogP contribution in [0.1, 0.15) is 19.4 Å². The molecule has 0 spiro atoms. The maximum Gasteiger partial charge on any atom is 0.347 e. The Hall–Kier alpha value is -1.84. The Morgan fingerprint density at radius 3 is 2.38 bits per heavy atom. The lowest BCUT2D eigenvalue weighted by atomic mass is 10.0. The third-order valence-corrected chi connectivity index (χ3v) is 2.77. The third kappa shape index (κ3) is 1.66. The van der Waals surface area contributed by atoms with Crippen LogP contribution in [-0.4, -0.2) is 29.5 Å². The molecule has 1 fully saturated rings. The number of nitrogens with zero attached hydrogens (tertiary/aromatic N) is 1. The number of ether oxygens (including phenoxy) is 1. The molecule has 0 aromatic heterocycles. The first-order chi connectivity index (χ1) is 7.54. The van der Waals surface area contributed by atoms with E-state index in [1.165, 1.54) is 0 Å². The molecule has 1 N–H and O–H groups in total. The fourth-order valence-corrected chi connectivity index (χ4v) is 1.48. The van der Waals surface area contributed by atoms with Crippen LogP contribution in [0.3, 0.4) is 0 Å². The highest BCUT2D eigenvalue weighted by Crippen LogP contribution is 2.16. The molecule has 1 aliphatic rings. The van der Waals surface area contributed by atoms with Crippen LogP contribution in [0.5, 0.6) is 5.75 Å². The van der Waals surface area contributed by atoms with Crippen LogP contribution in [0.2, 0.25) is 0 Å². The van der Waals surface area contributed by atoms with E-state index >= 15 is 0 Å². The van der Waals surface area contributed by atoms with Gasteiger partial charge in [0.25, 0.3) is 5.54 Å². The van der Waals surface area contributed by atoms with Crippen LogP contribution in [0.4, 0.5) is 0 Å². The molecule has 1 saturated heterocycles. The van der Waals surface area contributed by atoms with E-state index in [0.717, 1.165) is 11.3 Å². The zero-order valence-electron chi connectivity index (χ0n) is 9.65. The van der Waals surface area contributed by atoms with Gasteiger partial charge in [-0.05, 0) is 24.3 Å². The standard InChI is InChI=1S/C12H14N2O2/c1-12(2)11(15)13-14(12)8-9-4-6-10(16-3)7-5-9/h4-8H,1-3H3/p+1/b14-8-. The molecule has 0 atom stereocenters. The van der Waals surface area contributed by atoms with Gasteiger partial charge in [0.1, 0.15) is 5.75 Å². The predicted molar refractivity (Wildman–Crippen MR) is 60.6 cm³/mol. The summed E-state index contributed by atoms with van der Waals surface area (Å²) in [6.45, 7) is 3.76. The van der Waals surface area contributed by atoms with Crippen molar-refractivity contribution in [2.75, 3.05) is 7.11 Å². The second-order valence-corrected chi connectivity index (χ2v) is 4.27. The van der Waals surface area contributed by atoms with Crippen LogP contribution in [-0.2, 0) is 4.79 Å². The lowest BCUT2D eigenvalue weighted by Gasteiger charge is -2.28. The summed E-state index contributed by atoms with van der Waals surface area (Å²) >= 11 is 0. The number of nitrogens with one attached hydrogen (secondary N) is 1. The van der Waals surface area contributed by atoms with E-state index in [1.54, 1.807) is 11.8 Å². The molecule has 4 heteroatoms. The van der Waals surface area contributed by atoms with Crippen LogP contribution in [0.15, 0.2) is 24.3 Å². The minimum Gasteiger partial charge on any atom is -0.497 e. The number of rotatable bonds is 2. The van der Waals surface area contributed by atoms with Crippen molar-refractivity contribution in [2.45, 2.75) is 19.4 Å². The number of hydrogen-bond donors (Lipinski definition) is 1. The lowest BCUT2D eigenvalue weighted by Crippen LogP contribution is -2.68. The van der Waals surface area contributed by atoms with Crippen LogP contribution >= 0.6 is 0 Å². The SMILES string of the molecule is COc1ccc(/C=[N+]2\NC(=O)C2(C)C)cc1. The molecule has 1 aromatic carbocycles. The van der Waals surface area contributed by atoms with Gasteiger partial charge in [-0.2, -0.15) is 0 Å². The van der Waals surface area contributed by atoms with Crippen molar-refractivity contribution in [1.82, 2.24) is 5.43 Å². The van der Waals surface area contributed by atoms with E-state index in [2.05, 4.69) is 5.43 Å². The van der Waals surface area contributed by atoms with Gasteiger partial charge in [-0.15, -0.1) is 5.43 Å². The summed E-state index contributed by atoms with van der Waals surface area (Å²) in [6, 6.07) is 7.67. The molecule has 1 heterocycles. The molecular formula is C12H15N2O2+. The molecule has 0 aliphatic carbocycles. The molecule has 4 nitrogen and oxygen atoms in total. The summed E-state index contributed by atoms with van der Waals surface area (Å²) in [5.41, 5.74) is 3.28. The van der Waals surface area contributed by atoms with Crippen molar-refractivity contribution < 1.29 is 14.2 Å².